The quantitative estimate of drug-likeness (QED) is 0.710. The first-order valence-corrected chi connectivity index (χ1v) is 9.98. The molecule has 3 N–H and O–H groups in total. The van der Waals surface area contributed by atoms with E-state index in [1.807, 2.05) is 47.8 Å². The number of nitrogens with two attached hydrogens (primary N) is 1. The molecule has 6 nitrogen and oxygen atoms in total. The van der Waals surface area contributed by atoms with E-state index in [0.29, 0.717) is 29.3 Å². The van der Waals surface area contributed by atoms with Crippen LogP contribution in [0.5, 0.6) is 0 Å². The van der Waals surface area contributed by atoms with E-state index >= 15 is 0 Å². The first-order chi connectivity index (χ1) is 13.6. The molecule has 142 valence electrons. The molecule has 1 fully saturated rings. The van der Waals surface area contributed by atoms with E-state index in [0.717, 1.165) is 17.7 Å². The summed E-state index contributed by atoms with van der Waals surface area (Å²) in [5.74, 6) is -0.262. The Morgan fingerprint density at radius 1 is 1.11 bits per heavy atom. The van der Waals surface area contributed by atoms with E-state index in [2.05, 4.69) is 10.3 Å². The van der Waals surface area contributed by atoms with Crippen molar-refractivity contribution in [2.45, 2.75) is 18.9 Å². The molecule has 0 spiro atoms. The number of aromatic nitrogens is 1. The lowest BCUT2D eigenvalue weighted by molar-refractivity contribution is -0.119. The number of nitrogens with zero attached hydrogens (tertiary/aromatic N) is 2. The Morgan fingerprint density at radius 3 is 2.54 bits per heavy atom. The highest BCUT2D eigenvalue weighted by Gasteiger charge is 2.34. The van der Waals surface area contributed by atoms with Gasteiger partial charge < -0.3 is 16.0 Å². The molecule has 0 bridgehead atoms. The zero-order valence-corrected chi connectivity index (χ0v) is 16.0. The van der Waals surface area contributed by atoms with Gasteiger partial charge in [0.2, 0.25) is 5.91 Å². The Balaban J connectivity index is 1.44. The molecule has 1 unspecified atom stereocenters. The lowest BCUT2D eigenvalue weighted by Gasteiger charge is -2.24. The monoisotopic (exact) mass is 392 g/mol. The Labute approximate surface area is 167 Å². The fourth-order valence-electron chi connectivity index (χ4n) is 3.40. The summed E-state index contributed by atoms with van der Waals surface area (Å²) < 4.78 is 0. The summed E-state index contributed by atoms with van der Waals surface area (Å²) in [6.45, 7) is 0.593. The molecule has 4 rings (SSSR count). The van der Waals surface area contributed by atoms with Gasteiger partial charge in [-0.25, -0.2) is 4.98 Å². The second kappa shape index (κ2) is 7.82. The van der Waals surface area contributed by atoms with E-state index in [1.54, 1.807) is 17.0 Å². The second-order valence-corrected chi connectivity index (χ2v) is 7.55. The molecule has 0 radical (unpaired) electrons. The average Bonchev–Trinajstić information content (AvgIpc) is 3.38. The summed E-state index contributed by atoms with van der Waals surface area (Å²) in [5, 5.41) is 5.35. The van der Waals surface area contributed by atoms with Crippen molar-refractivity contribution in [2.24, 2.45) is 0 Å². The highest BCUT2D eigenvalue weighted by atomic mass is 32.1. The van der Waals surface area contributed by atoms with Gasteiger partial charge in [0.25, 0.3) is 5.91 Å². The van der Waals surface area contributed by atoms with Gasteiger partial charge in [-0.05, 0) is 37.1 Å². The van der Waals surface area contributed by atoms with Crippen LogP contribution >= 0.6 is 11.3 Å². The maximum absolute atomic E-state index is 12.8. The standard InChI is InChI=1S/C21H20N4O2S/c22-21-24-17(13-28-21)14-8-10-16(11-9-14)23-19(26)18-7-4-12-25(18)20(27)15-5-2-1-3-6-15/h1-3,5-6,8-11,13,18H,4,7,12H2,(H2,22,24)(H,23,26). The van der Waals surface area contributed by atoms with E-state index < -0.39 is 6.04 Å². The predicted octanol–water partition coefficient (Wildman–Crippen LogP) is 3.64. The van der Waals surface area contributed by atoms with Crippen molar-refractivity contribution in [1.29, 1.82) is 0 Å². The van der Waals surface area contributed by atoms with Crippen LogP contribution in [0.4, 0.5) is 10.8 Å². The molecule has 28 heavy (non-hydrogen) atoms. The van der Waals surface area contributed by atoms with E-state index in [9.17, 15) is 9.59 Å². The number of carbonyl (C=O) groups excluding carboxylic acids is 2. The van der Waals surface area contributed by atoms with Crippen molar-refractivity contribution in [3.8, 4) is 11.3 Å². The molecular weight excluding hydrogens is 372 g/mol. The number of likely N-dealkylation sites (tertiary alicyclic amines) is 1. The molecule has 1 saturated heterocycles. The highest BCUT2D eigenvalue weighted by molar-refractivity contribution is 7.13. The van der Waals surface area contributed by atoms with Crippen molar-refractivity contribution >= 4 is 34.0 Å². The third-order valence-electron chi connectivity index (χ3n) is 4.81. The number of carbonyl (C=O) groups is 2. The number of nitrogens with one attached hydrogen (secondary N) is 1. The summed E-state index contributed by atoms with van der Waals surface area (Å²) in [7, 11) is 0. The summed E-state index contributed by atoms with van der Waals surface area (Å²) in [6, 6.07) is 16.1. The van der Waals surface area contributed by atoms with Crippen LogP contribution in [0.25, 0.3) is 11.3 Å². The fourth-order valence-corrected chi connectivity index (χ4v) is 3.97. The largest absolute Gasteiger partial charge is 0.375 e. The molecule has 2 amide bonds. The van der Waals surface area contributed by atoms with Crippen LogP contribution in [0.3, 0.4) is 0 Å². The molecule has 0 saturated carbocycles. The van der Waals surface area contributed by atoms with Gasteiger partial charge in [-0.3, -0.25) is 9.59 Å². The lowest BCUT2D eigenvalue weighted by Crippen LogP contribution is -2.43. The van der Waals surface area contributed by atoms with Gasteiger partial charge in [0.05, 0.1) is 5.69 Å². The van der Waals surface area contributed by atoms with Crippen molar-refractivity contribution < 1.29 is 9.59 Å². The molecule has 7 heteroatoms. The van der Waals surface area contributed by atoms with Crippen LogP contribution in [0.15, 0.2) is 60.0 Å². The summed E-state index contributed by atoms with van der Waals surface area (Å²) in [6.07, 6.45) is 1.49. The number of benzene rings is 2. The molecule has 1 atom stereocenters. The fraction of sp³-hybridized carbons (Fsp3) is 0.190. The number of anilines is 2. The second-order valence-electron chi connectivity index (χ2n) is 6.66. The van der Waals surface area contributed by atoms with Crippen LogP contribution < -0.4 is 11.1 Å². The number of thiazole rings is 1. The minimum Gasteiger partial charge on any atom is -0.375 e. The topological polar surface area (TPSA) is 88.3 Å². The molecule has 3 aromatic rings. The molecule has 1 aliphatic heterocycles. The first kappa shape index (κ1) is 18.2. The third-order valence-corrected chi connectivity index (χ3v) is 5.48. The van der Waals surface area contributed by atoms with E-state index in [-0.39, 0.29) is 11.8 Å². The molecule has 2 aromatic carbocycles. The molecule has 1 aromatic heterocycles. The Bertz CT molecular complexity index is 985. The van der Waals surface area contributed by atoms with Gasteiger partial charge >= 0.3 is 0 Å². The first-order valence-electron chi connectivity index (χ1n) is 9.10. The number of rotatable bonds is 4. The summed E-state index contributed by atoms with van der Waals surface area (Å²) in [4.78, 5) is 31.5. The minimum atomic E-state index is -0.453. The molecule has 2 heterocycles. The maximum Gasteiger partial charge on any atom is 0.254 e. The average molecular weight is 392 g/mol. The normalized spacial score (nSPS) is 16.1. The Kier molecular flexibility index (Phi) is 5.08. The number of hydrogen-bond donors (Lipinski definition) is 2. The number of nitrogen functional groups attached to an aromatic ring is 1. The van der Waals surface area contributed by atoms with Crippen LogP contribution in [0, 0.1) is 0 Å². The van der Waals surface area contributed by atoms with Crippen molar-refractivity contribution in [3.63, 3.8) is 0 Å². The maximum atomic E-state index is 12.8. The van der Waals surface area contributed by atoms with Gasteiger partial charge in [0.1, 0.15) is 6.04 Å². The van der Waals surface area contributed by atoms with E-state index in [1.165, 1.54) is 11.3 Å². The lowest BCUT2D eigenvalue weighted by atomic mass is 10.1. The van der Waals surface area contributed by atoms with Crippen LogP contribution in [-0.4, -0.2) is 34.3 Å². The number of amides is 2. The van der Waals surface area contributed by atoms with Crippen molar-refractivity contribution in [3.05, 3.63) is 65.5 Å². The van der Waals surface area contributed by atoms with Gasteiger partial charge in [0.15, 0.2) is 5.13 Å². The molecule has 0 aliphatic carbocycles. The van der Waals surface area contributed by atoms with Crippen LogP contribution in [0.2, 0.25) is 0 Å². The Morgan fingerprint density at radius 2 is 1.86 bits per heavy atom. The highest BCUT2D eigenvalue weighted by Crippen LogP contribution is 2.25. The third kappa shape index (κ3) is 3.75. The SMILES string of the molecule is Nc1nc(-c2ccc(NC(=O)C3CCCN3C(=O)c3ccccc3)cc2)cs1. The van der Waals surface area contributed by atoms with Gasteiger partial charge in [0, 0.05) is 28.7 Å². The summed E-state index contributed by atoms with van der Waals surface area (Å²) >= 11 is 1.39. The zero-order valence-electron chi connectivity index (χ0n) is 15.2. The molecular formula is C21H20N4O2S. The smallest absolute Gasteiger partial charge is 0.254 e. The van der Waals surface area contributed by atoms with Crippen molar-refractivity contribution in [1.82, 2.24) is 9.88 Å². The minimum absolute atomic E-state index is 0.102. The van der Waals surface area contributed by atoms with E-state index in [4.69, 9.17) is 5.73 Å². The number of hydrogen-bond acceptors (Lipinski definition) is 5. The molecule has 1 aliphatic rings. The van der Waals surface area contributed by atoms with Crippen LogP contribution in [0.1, 0.15) is 23.2 Å². The van der Waals surface area contributed by atoms with Gasteiger partial charge in [-0.1, -0.05) is 30.3 Å². The van der Waals surface area contributed by atoms with Crippen molar-refractivity contribution in [2.75, 3.05) is 17.6 Å². The van der Waals surface area contributed by atoms with Gasteiger partial charge in [-0.2, -0.15) is 0 Å². The predicted molar refractivity (Wildman–Crippen MR) is 111 cm³/mol. The Hall–Kier alpha value is -3.19. The van der Waals surface area contributed by atoms with Gasteiger partial charge in [-0.15, -0.1) is 11.3 Å². The zero-order chi connectivity index (χ0) is 19.5. The van der Waals surface area contributed by atoms with Crippen LogP contribution in [-0.2, 0) is 4.79 Å². The summed E-state index contributed by atoms with van der Waals surface area (Å²) in [5.41, 5.74) is 8.73.